The summed E-state index contributed by atoms with van der Waals surface area (Å²) in [6.45, 7) is 2.51. The average molecular weight is 226 g/mol. The summed E-state index contributed by atoms with van der Waals surface area (Å²) in [5, 5.41) is 3.37. The molecule has 0 radical (unpaired) electrons. The lowest BCUT2D eigenvalue weighted by atomic mass is 10.1. The van der Waals surface area contributed by atoms with E-state index in [0.29, 0.717) is 12.5 Å². The normalized spacial score (nSPS) is 25.8. The van der Waals surface area contributed by atoms with E-state index >= 15 is 0 Å². The van der Waals surface area contributed by atoms with E-state index in [1.54, 1.807) is 7.11 Å². The van der Waals surface area contributed by atoms with Crippen LogP contribution in [0.2, 0.25) is 0 Å². The van der Waals surface area contributed by atoms with Crippen molar-refractivity contribution >= 4 is 5.91 Å². The van der Waals surface area contributed by atoms with Crippen LogP contribution in [0.25, 0.3) is 0 Å². The molecule has 1 atom stereocenters. The van der Waals surface area contributed by atoms with Crippen LogP contribution in [0, 0.1) is 0 Å². The number of carbonyl (C=O) groups is 1. The van der Waals surface area contributed by atoms with E-state index in [2.05, 4.69) is 5.32 Å². The summed E-state index contributed by atoms with van der Waals surface area (Å²) in [6, 6.07) is 0.695. The molecular formula is C12H22N2O2. The summed E-state index contributed by atoms with van der Waals surface area (Å²) in [5.41, 5.74) is 0. The monoisotopic (exact) mass is 226 g/mol. The summed E-state index contributed by atoms with van der Waals surface area (Å²) in [7, 11) is 1.73. The Morgan fingerprint density at radius 1 is 1.44 bits per heavy atom. The highest BCUT2D eigenvalue weighted by molar-refractivity contribution is 5.76. The number of carbonyl (C=O) groups excluding carboxylic acids is 1. The van der Waals surface area contributed by atoms with Gasteiger partial charge in [-0.15, -0.1) is 0 Å². The number of hydrogen-bond acceptors (Lipinski definition) is 3. The van der Waals surface area contributed by atoms with Crippen LogP contribution >= 0.6 is 0 Å². The third-order valence-electron chi connectivity index (χ3n) is 3.41. The van der Waals surface area contributed by atoms with Gasteiger partial charge in [0.2, 0.25) is 5.91 Å². The molecule has 2 fully saturated rings. The molecule has 0 spiro atoms. The smallest absolute Gasteiger partial charge is 0.223 e. The first-order valence-corrected chi connectivity index (χ1v) is 6.33. The zero-order valence-corrected chi connectivity index (χ0v) is 10.1. The Balaban J connectivity index is 1.66. The van der Waals surface area contributed by atoms with Gasteiger partial charge in [0.25, 0.3) is 0 Å². The average Bonchev–Trinajstić information content (AvgIpc) is 3.13. The van der Waals surface area contributed by atoms with Crippen molar-refractivity contribution in [2.24, 2.45) is 0 Å². The van der Waals surface area contributed by atoms with Gasteiger partial charge in [-0.05, 0) is 25.7 Å². The second-order valence-corrected chi connectivity index (χ2v) is 4.82. The maximum Gasteiger partial charge on any atom is 0.223 e. The van der Waals surface area contributed by atoms with Crippen molar-refractivity contribution in [1.82, 2.24) is 10.2 Å². The van der Waals surface area contributed by atoms with E-state index < -0.39 is 0 Å². The van der Waals surface area contributed by atoms with Crippen LogP contribution in [0.4, 0.5) is 0 Å². The molecule has 0 aromatic carbocycles. The van der Waals surface area contributed by atoms with Crippen LogP contribution in [0.1, 0.15) is 32.1 Å². The van der Waals surface area contributed by atoms with Crippen LogP contribution in [0.3, 0.4) is 0 Å². The van der Waals surface area contributed by atoms with Crippen molar-refractivity contribution in [2.75, 3.05) is 26.7 Å². The number of nitrogens with zero attached hydrogens (tertiary/aromatic N) is 1. The molecule has 1 saturated heterocycles. The number of amides is 1. The molecule has 0 aromatic heterocycles. The zero-order valence-electron chi connectivity index (χ0n) is 10.1. The van der Waals surface area contributed by atoms with Crippen LogP contribution in [0.5, 0.6) is 0 Å². The van der Waals surface area contributed by atoms with E-state index in [1.807, 2.05) is 4.90 Å². The molecule has 1 unspecified atom stereocenters. The number of nitrogens with one attached hydrogen (secondary N) is 1. The molecule has 4 heteroatoms. The minimum absolute atomic E-state index is 0.245. The van der Waals surface area contributed by atoms with E-state index in [-0.39, 0.29) is 12.0 Å². The van der Waals surface area contributed by atoms with Crippen molar-refractivity contribution in [3.63, 3.8) is 0 Å². The second kappa shape index (κ2) is 5.64. The number of rotatable bonds is 5. The molecular weight excluding hydrogens is 204 g/mol. The number of hydrogen-bond donors (Lipinski definition) is 1. The Hall–Kier alpha value is -0.610. The minimum Gasteiger partial charge on any atom is -0.380 e. The molecule has 2 rings (SSSR count). The summed E-state index contributed by atoms with van der Waals surface area (Å²) < 4.78 is 5.31. The minimum atomic E-state index is 0.245. The first-order valence-electron chi connectivity index (χ1n) is 6.33. The predicted octanol–water partition coefficient (Wildman–Crippen LogP) is 0.766. The van der Waals surface area contributed by atoms with Crippen molar-refractivity contribution < 1.29 is 9.53 Å². The number of piperidine rings is 1. The van der Waals surface area contributed by atoms with Gasteiger partial charge in [0, 0.05) is 39.2 Å². The lowest BCUT2D eigenvalue weighted by molar-refractivity contribution is -0.134. The molecule has 1 heterocycles. The Bertz CT molecular complexity index is 241. The van der Waals surface area contributed by atoms with Crippen LogP contribution in [-0.4, -0.2) is 49.7 Å². The standard InChI is InChI=1S/C12H22N2O2/c1-16-11-3-2-8-14(9-11)12(15)6-7-13-10-4-5-10/h10-11,13H,2-9H2,1H3. The fourth-order valence-electron chi connectivity index (χ4n) is 2.19. The Morgan fingerprint density at radius 2 is 2.25 bits per heavy atom. The topological polar surface area (TPSA) is 41.6 Å². The van der Waals surface area contributed by atoms with Crippen LogP contribution < -0.4 is 5.32 Å². The molecule has 1 aliphatic carbocycles. The molecule has 1 aliphatic heterocycles. The Labute approximate surface area is 97.3 Å². The predicted molar refractivity (Wildman–Crippen MR) is 62.3 cm³/mol. The van der Waals surface area contributed by atoms with Crippen LogP contribution in [0.15, 0.2) is 0 Å². The summed E-state index contributed by atoms with van der Waals surface area (Å²) in [4.78, 5) is 13.8. The molecule has 0 bridgehead atoms. The summed E-state index contributed by atoms with van der Waals surface area (Å²) in [5.74, 6) is 0.273. The Kier molecular flexibility index (Phi) is 4.18. The lowest BCUT2D eigenvalue weighted by Gasteiger charge is -2.32. The van der Waals surface area contributed by atoms with Gasteiger partial charge >= 0.3 is 0 Å². The molecule has 16 heavy (non-hydrogen) atoms. The van der Waals surface area contributed by atoms with Gasteiger partial charge in [-0.1, -0.05) is 0 Å². The van der Waals surface area contributed by atoms with Crippen molar-refractivity contribution in [3.8, 4) is 0 Å². The van der Waals surface area contributed by atoms with Crippen LogP contribution in [-0.2, 0) is 9.53 Å². The Morgan fingerprint density at radius 3 is 2.94 bits per heavy atom. The molecule has 1 saturated carbocycles. The number of ether oxygens (including phenoxy) is 1. The van der Waals surface area contributed by atoms with Gasteiger partial charge < -0.3 is 15.0 Å². The van der Waals surface area contributed by atoms with E-state index in [9.17, 15) is 4.79 Å². The van der Waals surface area contributed by atoms with Gasteiger partial charge in [-0.2, -0.15) is 0 Å². The fraction of sp³-hybridized carbons (Fsp3) is 0.917. The van der Waals surface area contributed by atoms with E-state index in [1.165, 1.54) is 12.8 Å². The maximum atomic E-state index is 11.9. The molecule has 1 N–H and O–H groups in total. The third-order valence-corrected chi connectivity index (χ3v) is 3.41. The highest BCUT2D eigenvalue weighted by atomic mass is 16.5. The van der Waals surface area contributed by atoms with Crippen molar-refractivity contribution in [3.05, 3.63) is 0 Å². The van der Waals surface area contributed by atoms with E-state index in [0.717, 1.165) is 32.5 Å². The third kappa shape index (κ3) is 3.46. The quantitative estimate of drug-likeness (QED) is 0.752. The van der Waals surface area contributed by atoms with Gasteiger partial charge in [-0.25, -0.2) is 0 Å². The number of likely N-dealkylation sites (tertiary alicyclic amines) is 1. The molecule has 1 amide bonds. The molecule has 0 aromatic rings. The zero-order chi connectivity index (χ0) is 11.4. The molecule has 4 nitrogen and oxygen atoms in total. The highest BCUT2D eigenvalue weighted by Crippen LogP contribution is 2.18. The molecule has 92 valence electrons. The fourth-order valence-corrected chi connectivity index (χ4v) is 2.19. The van der Waals surface area contributed by atoms with Gasteiger partial charge in [0.15, 0.2) is 0 Å². The molecule has 2 aliphatic rings. The number of methoxy groups -OCH3 is 1. The first kappa shape index (κ1) is 11.9. The van der Waals surface area contributed by atoms with Crippen molar-refractivity contribution in [2.45, 2.75) is 44.2 Å². The summed E-state index contributed by atoms with van der Waals surface area (Å²) in [6.07, 6.45) is 5.59. The first-order chi connectivity index (χ1) is 7.79. The van der Waals surface area contributed by atoms with Gasteiger partial charge in [0.05, 0.1) is 6.10 Å². The van der Waals surface area contributed by atoms with Gasteiger partial charge in [-0.3, -0.25) is 4.79 Å². The second-order valence-electron chi connectivity index (χ2n) is 4.82. The lowest BCUT2D eigenvalue weighted by Crippen LogP contribution is -2.43. The largest absolute Gasteiger partial charge is 0.380 e. The maximum absolute atomic E-state index is 11.9. The summed E-state index contributed by atoms with van der Waals surface area (Å²) >= 11 is 0. The van der Waals surface area contributed by atoms with Gasteiger partial charge in [0.1, 0.15) is 0 Å². The SMILES string of the molecule is COC1CCCN(C(=O)CCNC2CC2)C1. The van der Waals surface area contributed by atoms with E-state index in [4.69, 9.17) is 4.74 Å². The van der Waals surface area contributed by atoms with Crippen molar-refractivity contribution in [1.29, 1.82) is 0 Å². The highest BCUT2D eigenvalue weighted by Gasteiger charge is 2.24.